The summed E-state index contributed by atoms with van der Waals surface area (Å²) in [6, 6.07) is 0. The Hall–Kier alpha value is -0.490. The molecular weight excluding hydrogens is 269 g/mol. The molecule has 2 rings (SSSR count). The van der Waals surface area contributed by atoms with Gasteiger partial charge in [-0.2, -0.15) is 11.8 Å². The summed E-state index contributed by atoms with van der Waals surface area (Å²) < 4.78 is 13.9. The fourth-order valence-corrected chi connectivity index (χ4v) is 4.32. The van der Waals surface area contributed by atoms with Crippen LogP contribution in [0.5, 0.6) is 0 Å². The van der Waals surface area contributed by atoms with Crippen LogP contribution in [0, 0.1) is 12.7 Å². The van der Waals surface area contributed by atoms with E-state index >= 15 is 0 Å². The van der Waals surface area contributed by atoms with E-state index in [0.717, 1.165) is 30.3 Å². The molecule has 2 heterocycles. The van der Waals surface area contributed by atoms with Crippen LogP contribution in [-0.4, -0.2) is 33.8 Å². The van der Waals surface area contributed by atoms with Gasteiger partial charge in [-0.25, -0.2) is 14.4 Å². The van der Waals surface area contributed by atoms with Crippen molar-refractivity contribution in [3.05, 3.63) is 17.3 Å². The molecule has 0 spiro atoms. The van der Waals surface area contributed by atoms with Crippen molar-refractivity contribution in [2.24, 2.45) is 0 Å². The molecule has 1 atom stereocenters. The second-order valence-electron chi connectivity index (χ2n) is 4.19. The minimum absolute atomic E-state index is 0.297. The van der Waals surface area contributed by atoms with Crippen molar-refractivity contribution in [3.8, 4) is 0 Å². The number of hydrogen-bond donors (Lipinski definition) is 1. The van der Waals surface area contributed by atoms with Gasteiger partial charge in [0, 0.05) is 23.8 Å². The Morgan fingerprint density at radius 3 is 2.89 bits per heavy atom. The molecule has 18 heavy (non-hydrogen) atoms. The minimum atomic E-state index is -0.319. The third-order valence-corrected chi connectivity index (χ3v) is 5.43. The molecule has 0 saturated carbocycles. The quantitative estimate of drug-likeness (QED) is 0.920. The van der Waals surface area contributed by atoms with Crippen LogP contribution in [0.4, 0.5) is 10.2 Å². The van der Waals surface area contributed by atoms with E-state index in [1.54, 1.807) is 6.92 Å². The average Bonchev–Trinajstić information content (AvgIpc) is 2.41. The van der Waals surface area contributed by atoms with Gasteiger partial charge in [0.2, 0.25) is 0 Å². The first kappa shape index (κ1) is 13.9. The van der Waals surface area contributed by atoms with Gasteiger partial charge in [-0.05, 0) is 13.3 Å². The van der Waals surface area contributed by atoms with Gasteiger partial charge in [0.25, 0.3) is 0 Å². The van der Waals surface area contributed by atoms with Crippen LogP contribution in [0.3, 0.4) is 0 Å². The third kappa shape index (κ3) is 3.29. The summed E-state index contributed by atoms with van der Waals surface area (Å²) in [5.74, 6) is 4.12. The molecule has 1 fully saturated rings. The normalized spacial score (nSPS) is 19.8. The Morgan fingerprint density at radius 2 is 2.22 bits per heavy atom. The molecule has 0 aliphatic carbocycles. The second-order valence-corrected chi connectivity index (χ2v) is 6.65. The van der Waals surface area contributed by atoms with Gasteiger partial charge in [0.1, 0.15) is 5.82 Å². The number of rotatable bonds is 4. The molecule has 0 amide bonds. The fourth-order valence-electron chi connectivity index (χ4n) is 1.72. The molecule has 6 heteroatoms. The Kier molecular flexibility index (Phi) is 5.12. The highest BCUT2D eigenvalue weighted by molar-refractivity contribution is 8.06. The Bertz CT molecular complexity index is 409. The van der Waals surface area contributed by atoms with Gasteiger partial charge in [-0.15, -0.1) is 11.8 Å². The van der Waals surface area contributed by atoms with E-state index in [9.17, 15) is 4.39 Å². The smallest absolute Gasteiger partial charge is 0.186 e. The summed E-state index contributed by atoms with van der Waals surface area (Å²) in [6.07, 6.45) is 0.950. The van der Waals surface area contributed by atoms with Crippen LogP contribution in [0.25, 0.3) is 0 Å². The molecule has 100 valence electrons. The predicted octanol–water partition coefficient (Wildman–Crippen LogP) is 3.27. The fraction of sp³-hybridized carbons (Fsp3) is 0.667. The first-order chi connectivity index (χ1) is 8.72. The lowest BCUT2D eigenvalue weighted by Gasteiger charge is -2.20. The van der Waals surface area contributed by atoms with E-state index in [0.29, 0.717) is 16.8 Å². The van der Waals surface area contributed by atoms with E-state index in [1.807, 2.05) is 30.4 Å². The summed E-state index contributed by atoms with van der Waals surface area (Å²) >= 11 is 3.78. The van der Waals surface area contributed by atoms with Gasteiger partial charge in [0.05, 0.1) is 10.9 Å². The highest BCUT2D eigenvalue weighted by Gasteiger charge is 2.21. The van der Waals surface area contributed by atoms with Crippen molar-refractivity contribution in [2.75, 3.05) is 29.1 Å². The zero-order chi connectivity index (χ0) is 13.0. The van der Waals surface area contributed by atoms with Gasteiger partial charge in [-0.1, -0.05) is 6.92 Å². The molecule has 1 unspecified atom stereocenters. The van der Waals surface area contributed by atoms with Crippen LogP contribution in [0.15, 0.2) is 0 Å². The molecule has 0 bridgehead atoms. The number of halogens is 1. The number of anilines is 1. The Balaban J connectivity index is 2.22. The van der Waals surface area contributed by atoms with Gasteiger partial charge in [0.15, 0.2) is 11.6 Å². The summed E-state index contributed by atoms with van der Waals surface area (Å²) in [5.41, 5.74) is 0.440. The van der Waals surface area contributed by atoms with Crippen LogP contribution >= 0.6 is 23.5 Å². The van der Waals surface area contributed by atoms with Crippen molar-refractivity contribution in [1.29, 1.82) is 0 Å². The SMILES string of the molecule is CCCNc1nc(C2CSCCS2)nc(C)c1F. The number of aromatic nitrogens is 2. The largest absolute Gasteiger partial charge is 0.368 e. The van der Waals surface area contributed by atoms with E-state index < -0.39 is 0 Å². The summed E-state index contributed by atoms with van der Waals surface area (Å²) in [6.45, 7) is 4.49. The molecule has 0 aromatic carbocycles. The van der Waals surface area contributed by atoms with Crippen molar-refractivity contribution in [2.45, 2.75) is 25.5 Å². The van der Waals surface area contributed by atoms with E-state index in [-0.39, 0.29) is 5.82 Å². The maximum absolute atomic E-state index is 13.9. The van der Waals surface area contributed by atoms with E-state index in [1.165, 1.54) is 5.75 Å². The van der Waals surface area contributed by atoms with Crippen molar-refractivity contribution in [1.82, 2.24) is 9.97 Å². The first-order valence-electron chi connectivity index (χ1n) is 6.19. The summed E-state index contributed by atoms with van der Waals surface area (Å²) in [7, 11) is 0. The first-order valence-corrected chi connectivity index (χ1v) is 8.40. The molecular formula is C12H18FN3S2. The Morgan fingerprint density at radius 1 is 1.39 bits per heavy atom. The standard InChI is InChI=1S/C12H18FN3S2/c1-3-4-14-12-10(13)8(2)15-11(16-12)9-7-17-5-6-18-9/h9H,3-7H2,1-2H3,(H,14,15,16). The van der Waals surface area contributed by atoms with Crippen LogP contribution in [0.2, 0.25) is 0 Å². The molecule has 1 aromatic rings. The number of aryl methyl sites for hydroxylation is 1. The maximum atomic E-state index is 13.9. The van der Waals surface area contributed by atoms with Crippen LogP contribution < -0.4 is 5.32 Å². The van der Waals surface area contributed by atoms with Crippen molar-refractivity contribution >= 4 is 29.3 Å². The van der Waals surface area contributed by atoms with Gasteiger partial charge in [-0.3, -0.25) is 0 Å². The predicted molar refractivity (Wildman–Crippen MR) is 78.0 cm³/mol. The lowest BCUT2D eigenvalue weighted by Crippen LogP contribution is -2.14. The second kappa shape index (κ2) is 6.61. The molecule has 1 saturated heterocycles. The molecule has 3 nitrogen and oxygen atoms in total. The minimum Gasteiger partial charge on any atom is -0.368 e. The number of thioether (sulfide) groups is 2. The van der Waals surface area contributed by atoms with Crippen molar-refractivity contribution < 1.29 is 4.39 Å². The lowest BCUT2D eigenvalue weighted by molar-refractivity contribution is 0.599. The summed E-state index contributed by atoms with van der Waals surface area (Å²) in [5, 5.41) is 3.34. The van der Waals surface area contributed by atoms with E-state index in [4.69, 9.17) is 0 Å². The highest BCUT2D eigenvalue weighted by Crippen LogP contribution is 2.35. The molecule has 1 aliphatic rings. The maximum Gasteiger partial charge on any atom is 0.186 e. The van der Waals surface area contributed by atoms with Gasteiger partial charge < -0.3 is 5.32 Å². The Labute approximate surface area is 116 Å². The monoisotopic (exact) mass is 287 g/mol. The van der Waals surface area contributed by atoms with Gasteiger partial charge >= 0.3 is 0 Å². The third-order valence-electron chi connectivity index (χ3n) is 2.68. The van der Waals surface area contributed by atoms with Crippen molar-refractivity contribution in [3.63, 3.8) is 0 Å². The molecule has 0 radical (unpaired) electrons. The highest BCUT2D eigenvalue weighted by atomic mass is 32.2. The molecule has 1 aliphatic heterocycles. The number of hydrogen-bond acceptors (Lipinski definition) is 5. The molecule has 1 aromatic heterocycles. The zero-order valence-electron chi connectivity index (χ0n) is 10.7. The molecule has 1 N–H and O–H groups in total. The van der Waals surface area contributed by atoms with Crippen LogP contribution in [0.1, 0.15) is 30.1 Å². The lowest BCUT2D eigenvalue weighted by atomic mass is 10.3. The van der Waals surface area contributed by atoms with Crippen LogP contribution in [-0.2, 0) is 0 Å². The topological polar surface area (TPSA) is 37.8 Å². The summed E-state index contributed by atoms with van der Waals surface area (Å²) in [4.78, 5) is 8.67. The number of nitrogens with one attached hydrogen (secondary N) is 1. The number of nitrogens with zero attached hydrogens (tertiary/aromatic N) is 2. The zero-order valence-corrected chi connectivity index (χ0v) is 12.3. The average molecular weight is 287 g/mol. The van der Waals surface area contributed by atoms with E-state index in [2.05, 4.69) is 15.3 Å².